The van der Waals surface area contributed by atoms with Crippen LogP contribution in [0.15, 0.2) is 47.5 Å². The van der Waals surface area contributed by atoms with Crippen molar-refractivity contribution < 1.29 is 9.59 Å². The van der Waals surface area contributed by atoms with Crippen LogP contribution in [0, 0.1) is 24.3 Å². The zero-order valence-corrected chi connectivity index (χ0v) is 18.7. The summed E-state index contributed by atoms with van der Waals surface area (Å²) in [6, 6.07) is 13.7. The molecule has 2 aliphatic heterocycles. The SMILES string of the molecule is C#C.N#CNC(N)=Nc1ccc2ccccc2c1.O=C(CN1CCCCC1=O)N1CCCC1. The van der Waals surface area contributed by atoms with Gasteiger partial charge in [0.05, 0.1) is 12.2 Å². The molecule has 0 spiro atoms. The van der Waals surface area contributed by atoms with Gasteiger partial charge in [-0.2, -0.15) is 5.26 Å². The molecule has 3 N–H and O–H groups in total. The lowest BCUT2D eigenvalue weighted by molar-refractivity contribution is -0.141. The molecule has 2 heterocycles. The van der Waals surface area contributed by atoms with Gasteiger partial charge in [0.2, 0.25) is 17.8 Å². The molecule has 2 fully saturated rings. The van der Waals surface area contributed by atoms with Crippen molar-refractivity contribution in [2.45, 2.75) is 32.1 Å². The van der Waals surface area contributed by atoms with Crippen LogP contribution in [-0.4, -0.2) is 53.8 Å². The summed E-state index contributed by atoms with van der Waals surface area (Å²) >= 11 is 0. The fourth-order valence-corrected chi connectivity index (χ4v) is 3.73. The minimum atomic E-state index is 0.0952. The van der Waals surface area contributed by atoms with Crippen LogP contribution in [0.3, 0.4) is 0 Å². The van der Waals surface area contributed by atoms with Gasteiger partial charge < -0.3 is 15.5 Å². The second kappa shape index (κ2) is 13.4. The van der Waals surface area contributed by atoms with E-state index >= 15 is 0 Å². The van der Waals surface area contributed by atoms with E-state index in [4.69, 9.17) is 11.0 Å². The first-order valence-corrected chi connectivity index (χ1v) is 10.9. The summed E-state index contributed by atoms with van der Waals surface area (Å²) in [5.74, 6) is 0.370. The predicted octanol–water partition coefficient (Wildman–Crippen LogP) is 2.73. The molecule has 0 radical (unpaired) electrons. The molecule has 0 saturated carbocycles. The van der Waals surface area contributed by atoms with Crippen molar-refractivity contribution in [1.29, 1.82) is 5.26 Å². The van der Waals surface area contributed by atoms with Crippen LogP contribution in [0.2, 0.25) is 0 Å². The number of terminal acetylenes is 1. The number of nitrogens with zero attached hydrogens (tertiary/aromatic N) is 4. The van der Waals surface area contributed by atoms with Crippen LogP contribution in [-0.2, 0) is 9.59 Å². The Morgan fingerprint density at radius 3 is 2.39 bits per heavy atom. The van der Waals surface area contributed by atoms with E-state index in [1.807, 2.05) is 47.4 Å². The summed E-state index contributed by atoms with van der Waals surface area (Å²) < 4.78 is 0. The summed E-state index contributed by atoms with van der Waals surface area (Å²) in [5.41, 5.74) is 6.20. The number of rotatable bonds is 3. The maximum absolute atomic E-state index is 11.8. The minimum Gasteiger partial charge on any atom is -0.369 e. The molecule has 0 unspecified atom stereocenters. The molecule has 2 saturated heterocycles. The quantitative estimate of drug-likeness (QED) is 0.247. The monoisotopic (exact) mass is 446 g/mol. The van der Waals surface area contributed by atoms with E-state index in [2.05, 4.69) is 23.2 Å². The van der Waals surface area contributed by atoms with Crippen molar-refractivity contribution in [3.63, 3.8) is 0 Å². The number of benzene rings is 2. The van der Waals surface area contributed by atoms with Crippen LogP contribution in [0.4, 0.5) is 5.69 Å². The number of aliphatic imine (C=N–C) groups is 1. The largest absolute Gasteiger partial charge is 0.369 e. The molecule has 4 rings (SSSR count). The third-order valence-electron chi connectivity index (χ3n) is 5.37. The molecule has 2 aromatic carbocycles. The first-order valence-electron chi connectivity index (χ1n) is 10.9. The molecule has 2 aliphatic rings. The first kappa shape index (κ1) is 25.2. The number of fused-ring (bicyclic) bond motifs is 1. The Labute approximate surface area is 195 Å². The number of nitrogens with two attached hydrogens (primary N) is 1. The second-order valence-electron chi connectivity index (χ2n) is 7.63. The van der Waals surface area contributed by atoms with Crippen LogP contribution in [0.5, 0.6) is 0 Å². The third kappa shape index (κ3) is 7.86. The van der Waals surface area contributed by atoms with E-state index in [1.54, 1.807) is 11.1 Å². The Hall–Kier alpha value is -4.04. The van der Waals surface area contributed by atoms with Gasteiger partial charge in [-0.1, -0.05) is 30.3 Å². The molecule has 8 nitrogen and oxygen atoms in total. The predicted molar refractivity (Wildman–Crippen MR) is 130 cm³/mol. The van der Waals surface area contributed by atoms with E-state index in [0.29, 0.717) is 13.0 Å². The van der Waals surface area contributed by atoms with Gasteiger partial charge in [0.25, 0.3) is 0 Å². The topological polar surface area (TPSA) is 115 Å². The summed E-state index contributed by atoms with van der Waals surface area (Å²) in [6.07, 6.45) is 14.6. The second-order valence-corrected chi connectivity index (χ2v) is 7.63. The zero-order chi connectivity index (χ0) is 24.1. The number of likely N-dealkylation sites (tertiary alicyclic amines) is 2. The highest BCUT2D eigenvalue weighted by Gasteiger charge is 2.24. The molecule has 0 atom stereocenters. The van der Waals surface area contributed by atoms with Gasteiger partial charge in [0, 0.05) is 26.1 Å². The van der Waals surface area contributed by atoms with E-state index in [1.165, 1.54) is 0 Å². The van der Waals surface area contributed by atoms with Gasteiger partial charge >= 0.3 is 0 Å². The van der Waals surface area contributed by atoms with Crippen molar-refractivity contribution in [1.82, 2.24) is 15.1 Å². The van der Waals surface area contributed by atoms with Crippen LogP contribution < -0.4 is 11.1 Å². The summed E-state index contributed by atoms with van der Waals surface area (Å²) in [5, 5.41) is 12.9. The third-order valence-corrected chi connectivity index (χ3v) is 5.37. The fraction of sp³-hybridized carbons (Fsp3) is 0.360. The number of carbonyl (C=O) groups excluding carboxylic acids is 2. The average molecular weight is 447 g/mol. The lowest BCUT2D eigenvalue weighted by Gasteiger charge is -2.28. The Balaban J connectivity index is 0.000000218. The highest BCUT2D eigenvalue weighted by molar-refractivity contribution is 5.88. The molecule has 172 valence electrons. The van der Waals surface area contributed by atoms with Gasteiger partial charge in [-0.05, 0) is 48.6 Å². The van der Waals surface area contributed by atoms with E-state index in [0.717, 1.165) is 61.8 Å². The number of nitriles is 1. The lowest BCUT2D eigenvalue weighted by atomic mass is 10.1. The molecule has 33 heavy (non-hydrogen) atoms. The average Bonchev–Trinajstić information content (AvgIpc) is 3.38. The summed E-state index contributed by atoms with van der Waals surface area (Å²) in [4.78, 5) is 30.9. The van der Waals surface area contributed by atoms with E-state index in [-0.39, 0.29) is 17.8 Å². The Morgan fingerprint density at radius 2 is 1.73 bits per heavy atom. The molecule has 0 aliphatic carbocycles. The minimum absolute atomic E-state index is 0.0952. The molecule has 0 aromatic heterocycles. The van der Waals surface area contributed by atoms with E-state index in [9.17, 15) is 9.59 Å². The molecule has 0 bridgehead atoms. The number of hydrogen-bond donors (Lipinski definition) is 2. The first-order chi connectivity index (χ1) is 16.1. The fourth-order valence-electron chi connectivity index (χ4n) is 3.73. The van der Waals surface area contributed by atoms with Crippen molar-refractivity contribution in [2.75, 3.05) is 26.2 Å². The summed E-state index contributed by atoms with van der Waals surface area (Å²) in [7, 11) is 0. The van der Waals surface area contributed by atoms with Crippen LogP contribution in [0.25, 0.3) is 10.8 Å². The number of hydrogen-bond acceptors (Lipinski definition) is 4. The van der Waals surface area contributed by atoms with Crippen molar-refractivity contribution in [2.24, 2.45) is 10.7 Å². The number of nitrogens with one attached hydrogen (secondary N) is 1. The van der Waals surface area contributed by atoms with Crippen molar-refractivity contribution in [3.8, 4) is 19.0 Å². The Kier molecular flexibility index (Phi) is 10.2. The van der Waals surface area contributed by atoms with Gasteiger partial charge in [-0.25, -0.2) is 4.99 Å². The number of amides is 2. The molecular weight excluding hydrogens is 416 g/mol. The molecule has 2 amide bonds. The maximum Gasteiger partial charge on any atom is 0.242 e. The standard InChI is InChI=1S/C12H10N4.C11H18N2O2.C2H2/c13-8-15-12(14)16-11-6-5-9-3-1-2-4-10(9)7-11;14-10-5-1-2-8-13(10)9-11(15)12-6-3-4-7-12;1-2/h1-7H,(H3,14,15,16);1-9H2;1-2H. The van der Waals surface area contributed by atoms with Crippen LogP contribution in [0.1, 0.15) is 32.1 Å². The zero-order valence-electron chi connectivity index (χ0n) is 18.7. The molecule has 8 heteroatoms. The number of carbonyl (C=O) groups is 2. The highest BCUT2D eigenvalue weighted by atomic mass is 16.2. The Bertz CT molecular complexity index is 1030. The lowest BCUT2D eigenvalue weighted by Crippen LogP contribution is -2.43. The van der Waals surface area contributed by atoms with Crippen molar-refractivity contribution >= 4 is 34.2 Å². The van der Waals surface area contributed by atoms with Gasteiger partial charge in [0.15, 0.2) is 6.19 Å². The van der Waals surface area contributed by atoms with Crippen LogP contribution >= 0.6 is 0 Å². The van der Waals surface area contributed by atoms with Crippen molar-refractivity contribution in [3.05, 3.63) is 42.5 Å². The number of guanidine groups is 1. The smallest absolute Gasteiger partial charge is 0.242 e. The molecule has 2 aromatic rings. The van der Waals surface area contributed by atoms with E-state index < -0.39 is 0 Å². The highest BCUT2D eigenvalue weighted by Crippen LogP contribution is 2.20. The maximum atomic E-state index is 11.8. The van der Waals surface area contributed by atoms with Gasteiger partial charge in [0.1, 0.15) is 0 Å². The van der Waals surface area contributed by atoms with Gasteiger partial charge in [-0.15, -0.1) is 12.8 Å². The summed E-state index contributed by atoms with van der Waals surface area (Å²) in [6.45, 7) is 2.82. The number of piperidine rings is 1. The molecular formula is C25H30N6O2. The Morgan fingerprint density at radius 1 is 1.06 bits per heavy atom. The normalized spacial score (nSPS) is 15.5. The van der Waals surface area contributed by atoms with Gasteiger partial charge in [-0.3, -0.25) is 14.9 Å².